The van der Waals surface area contributed by atoms with Crippen LogP contribution in [0.2, 0.25) is 0 Å². The third-order valence-corrected chi connectivity index (χ3v) is 3.21. The number of aryl methyl sites for hydroxylation is 1. The zero-order chi connectivity index (χ0) is 13.8. The zero-order valence-electron chi connectivity index (χ0n) is 11.3. The predicted octanol–water partition coefficient (Wildman–Crippen LogP) is -0.200. The lowest BCUT2D eigenvalue weighted by atomic mass is 10.1. The average molecular weight is 264 g/mol. The highest BCUT2D eigenvalue weighted by molar-refractivity contribution is 5.85. The Kier molecular flexibility index (Phi) is 4.34. The van der Waals surface area contributed by atoms with E-state index in [1.165, 1.54) is 0 Å². The van der Waals surface area contributed by atoms with Gasteiger partial charge < -0.3 is 20.7 Å². The van der Waals surface area contributed by atoms with Crippen molar-refractivity contribution in [1.82, 2.24) is 10.3 Å². The third kappa shape index (κ3) is 3.02. The maximum absolute atomic E-state index is 11.9. The van der Waals surface area contributed by atoms with Crippen molar-refractivity contribution in [2.45, 2.75) is 19.5 Å². The van der Waals surface area contributed by atoms with Crippen LogP contribution in [0.15, 0.2) is 12.1 Å². The van der Waals surface area contributed by atoms with E-state index in [-0.39, 0.29) is 11.9 Å². The van der Waals surface area contributed by atoms with Crippen LogP contribution in [-0.4, -0.2) is 43.7 Å². The summed E-state index contributed by atoms with van der Waals surface area (Å²) in [7, 11) is 1.63. The van der Waals surface area contributed by atoms with Gasteiger partial charge in [0.25, 0.3) is 0 Å². The largest absolute Gasteiger partial charge is 0.377 e. The van der Waals surface area contributed by atoms with E-state index in [2.05, 4.69) is 10.3 Å². The Hall–Kier alpha value is -1.66. The Morgan fingerprint density at radius 3 is 3.11 bits per heavy atom. The highest BCUT2D eigenvalue weighted by Crippen LogP contribution is 2.20. The highest BCUT2D eigenvalue weighted by atomic mass is 16.5. The molecule has 104 valence electrons. The Balaban J connectivity index is 2.31. The molecule has 1 aliphatic heterocycles. The number of anilines is 1. The molecule has 0 saturated carbocycles. The second kappa shape index (κ2) is 5.99. The average Bonchev–Trinajstić information content (AvgIpc) is 2.45. The van der Waals surface area contributed by atoms with Crippen molar-refractivity contribution in [3.63, 3.8) is 0 Å². The lowest BCUT2D eigenvalue weighted by Gasteiger charge is -2.35. The summed E-state index contributed by atoms with van der Waals surface area (Å²) in [5.41, 5.74) is 7.61. The number of ether oxygens (including phenoxy) is 1. The summed E-state index contributed by atoms with van der Waals surface area (Å²) in [6.45, 7) is 4.02. The van der Waals surface area contributed by atoms with E-state index in [0.29, 0.717) is 26.3 Å². The van der Waals surface area contributed by atoms with Gasteiger partial charge in [-0.2, -0.15) is 0 Å². The number of amides is 1. The normalized spacial score (nSPS) is 19.3. The Bertz CT molecular complexity index is 464. The second-order valence-electron chi connectivity index (χ2n) is 4.58. The highest BCUT2D eigenvalue weighted by Gasteiger charge is 2.29. The molecule has 1 unspecified atom stereocenters. The number of carbonyl (C=O) groups excluding carboxylic acids is 1. The van der Waals surface area contributed by atoms with Crippen molar-refractivity contribution in [3.8, 4) is 0 Å². The van der Waals surface area contributed by atoms with Gasteiger partial charge in [-0.1, -0.05) is 0 Å². The standard InChI is InChI=1S/C13H20N4O2/c1-9-5-10(7-14)6-12(16-9)17-3-4-19-8-11(17)13(18)15-2/h5-6,11H,3-4,7-8,14H2,1-2H3,(H,15,18). The van der Waals surface area contributed by atoms with Crippen molar-refractivity contribution >= 4 is 11.7 Å². The number of morpholine rings is 1. The molecule has 6 nitrogen and oxygen atoms in total. The first-order valence-corrected chi connectivity index (χ1v) is 6.39. The van der Waals surface area contributed by atoms with Gasteiger partial charge in [0.15, 0.2) is 0 Å². The maximum atomic E-state index is 11.9. The van der Waals surface area contributed by atoms with Crippen LogP contribution >= 0.6 is 0 Å². The summed E-state index contributed by atoms with van der Waals surface area (Å²) in [6.07, 6.45) is 0. The molecule has 1 fully saturated rings. The van der Waals surface area contributed by atoms with E-state index in [9.17, 15) is 4.79 Å². The minimum atomic E-state index is -0.335. The van der Waals surface area contributed by atoms with Gasteiger partial charge in [-0.05, 0) is 24.6 Å². The van der Waals surface area contributed by atoms with Crippen molar-refractivity contribution in [2.75, 3.05) is 31.7 Å². The van der Waals surface area contributed by atoms with Crippen molar-refractivity contribution in [3.05, 3.63) is 23.4 Å². The van der Waals surface area contributed by atoms with Crippen LogP contribution in [0.5, 0.6) is 0 Å². The summed E-state index contributed by atoms with van der Waals surface area (Å²) in [4.78, 5) is 18.4. The molecule has 3 N–H and O–H groups in total. The molecule has 0 spiro atoms. The number of hydrogen-bond acceptors (Lipinski definition) is 5. The number of rotatable bonds is 3. The van der Waals surface area contributed by atoms with Gasteiger partial charge in [0.1, 0.15) is 11.9 Å². The smallest absolute Gasteiger partial charge is 0.244 e. The first kappa shape index (κ1) is 13.8. The summed E-state index contributed by atoms with van der Waals surface area (Å²) >= 11 is 0. The lowest BCUT2D eigenvalue weighted by Crippen LogP contribution is -2.53. The third-order valence-electron chi connectivity index (χ3n) is 3.21. The molecular formula is C13H20N4O2. The molecule has 1 saturated heterocycles. The molecule has 1 aromatic heterocycles. The molecule has 0 aromatic carbocycles. The number of nitrogens with one attached hydrogen (secondary N) is 1. The van der Waals surface area contributed by atoms with Crippen molar-refractivity contribution in [2.24, 2.45) is 5.73 Å². The summed E-state index contributed by atoms with van der Waals surface area (Å²) in [5, 5.41) is 2.66. The molecule has 1 amide bonds. The molecule has 1 atom stereocenters. The fraction of sp³-hybridized carbons (Fsp3) is 0.538. The van der Waals surface area contributed by atoms with Crippen LogP contribution in [0.25, 0.3) is 0 Å². The first-order valence-electron chi connectivity index (χ1n) is 6.39. The molecule has 1 aliphatic rings. The molecule has 0 aliphatic carbocycles. The van der Waals surface area contributed by atoms with Crippen molar-refractivity contribution < 1.29 is 9.53 Å². The summed E-state index contributed by atoms with van der Waals surface area (Å²) in [6, 6.07) is 3.56. The number of aromatic nitrogens is 1. The van der Waals surface area contributed by atoms with Crippen LogP contribution in [0, 0.1) is 6.92 Å². The van der Waals surface area contributed by atoms with Gasteiger partial charge in [0.05, 0.1) is 13.2 Å². The minimum Gasteiger partial charge on any atom is -0.377 e. The molecule has 6 heteroatoms. The molecular weight excluding hydrogens is 244 g/mol. The zero-order valence-corrected chi connectivity index (χ0v) is 11.3. The number of hydrogen-bond donors (Lipinski definition) is 2. The van der Waals surface area contributed by atoms with Gasteiger partial charge in [-0.15, -0.1) is 0 Å². The number of carbonyl (C=O) groups is 1. The van der Waals surface area contributed by atoms with E-state index >= 15 is 0 Å². The minimum absolute atomic E-state index is 0.0581. The van der Waals surface area contributed by atoms with Crippen LogP contribution in [0.4, 0.5) is 5.82 Å². The van der Waals surface area contributed by atoms with Crippen LogP contribution in [-0.2, 0) is 16.1 Å². The van der Waals surface area contributed by atoms with E-state index in [1.54, 1.807) is 7.05 Å². The lowest BCUT2D eigenvalue weighted by molar-refractivity contribution is -0.124. The molecule has 0 radical (unpaired) electrons. The van der Waals surface area contributed by atoms with Crippen molar-refractivity contribution in [1.29, 1.82) is 0 Å². The SMILES string of the molecule is CNC(=O)C1COCCN1c1cc(CN)cc(C)n1. The van der Waals surface area contributed by atoms with Gasteiger partial charge in [0.2, 0.25) is 5.91 Å². The Labute approximate surface area is 112 Å². The first-order chi connectivity index (χ1) is 9.15. The van der Waals surface area contributed by atoms with Crippen LogP contribution in [0.1, 0.15) is 11.3 Å². The maximum Gasteiger partial charge on any atom is 0.244 e. The van der Waals surface area contributed by atoms with Gasteiger partial charge in [-0.25, -0.2) is 4.98 Å². The van der Waals surface area contributed by atoms with Gasteiger partial charge in [-0.3, -0.25) is 4.79 Å². The molecule has 19 heavy (non-hydrogen) atoms. The monoisotopic (exact) mass is 264 g/mol. The van der Waals surface area contributed by atoms with E-state index < -0.39 is 0 Å². The Morgan fingerprint density at radius 1 is 1.63 bits per heavy atom. The Morgan fingerprint density at radius 2 is 2.42 bits per heavy atom. The number of nitrogens with zero attached hydrogens (tertiary/aromatic N) is 2. The predicted molar refractivity (Wildman–Crippen MR) is 72.9 cm³/mol. The molecule has 2 rings (SSSR count). The molecule has 2 heterocycles. The summed E-state index contributed by atoms with van der Waals surface area (Å²) in [5.74, 6) is 0.731. The van der Waals surface area contributed by atoms with Crippen LogP contribution < -0.4 is 16.0 Å². The van der Waals surface area contributed by atoms with E-state index in [0.717, 1.165) is 17.1 Å². The number of pyridine rings is 1. The van der Waals surface area contributed by atoms with E-state index in [1.807, 2.05) is 24.0 Å². The molecule has 1 aromatic rings. The number of nitrogens with two attached hydrogens (primary N) is 1. The summed E-state index contributed by atoms with van der Waals surface area (Å²) < 4.78 is 5.39. The van der Waals surface area contributed by atoms with Crippen LogP contribution in [0.3, 0.4) is 0 Å². The van der Waals surface area contributed by atoms with Gasteiger partial charge >= 0.3 is 0 Å². The van der Waals surface area contributed by atoms with E-state index in [4.69, 9.17) is 10.5 Å². The molecule has 0 bridgehead atoms. The second-order valence-corrected chi connectivity index (χ2v) is 4.58. The van der Waals surface area contributed by atoms with Gasteiger partial charge in [0, 0.05) is 25.8 Å². The quantitative estimate of drug-likeness (QED) is 0.790. The number of likely N-dealkylation sites (N-methyl/N-ethyl adjacent to an activating group) is 1. The fourth-order valence-corrected chi connectivity index (χ4v) is 2.25. The topological polar surface area (TPSA) is 80.5 Å². The fourth-order valence-electron chi connectivity index (χ4n) is 2.25.